The van der Waals surface area contributed by atoms with E-state index in [9.17, 15) is 9.59 Å². The first-order chi connectivity index (χ1) is 12.0. The summed E-state index contributed by atoms with van der Waals surface area (Å²) in [7, 11) is 1.69. The van der Waals surface area contributed by atoms with Gasteiger partial charge in [-0.3, -0.25) is 13.9 Å². The van der Waals surface area contributed by atoms with Gasteiger partial charge in [-0.25, -0.2) is 4.79 Å². The van der Waals surface area contributed by atoms with Crippen molar-refractivity contribution in [2.75, 3.05) is 11.9 Å². The number of hydrogen-bond acceptors (Lipinski definition) is 3. The van der Waals surface area contributed by atoms with E-state index >= 15 is 0 Å². The Morgan fingerprint density at radius 2 is 1.92 bits per heavy atom. The second-order valence-electron chi connectivity index (χ2n) is 5.54. The van der Waals surface area contributed by atoms with Crippen LogP contribution in [0.15, 0.2) is 47.3 Å². The minimum absolute atomic E-state index is 0.0784. The average Bonchev–Trinajstić information content (AvgIpc) is 2.83. The van der Waals surface area contributed by atoms with E-state index in [0.29, 0.717) is 23.1 Å². The van der Waals surface area contributed by atoms with Crippen molar-refractivity contribution in [2.45, 2.75) is 13.5 Å². The summed E-state index contributed by atoms with van der Waals surface area (Å²) in [6.07, 6.45) is 0. The van der Waals surface area contributed by atoms with Gasteiger partial charge in [-0.05, 0) is 37.3 Å². The number of anilines is 1. The molecule has 0 saturated carbocycles. The maximum Gasteiger partial charge on any atom is 0.329 e. The molecule has 3 rings (SSSR count). The van der Waals surface area contributed by atoms with Gasteiger partial charge in [0.1, 0.15) is 12.3 Å². The van der Waals surface area contributed by atoms with E-state index in [1.54, 1.807) is 25.2 Å². The van der Waals surface area contributed by atoms with Crippen LogP contribution in [-0.2, 0) is 18.4 Å². The SMILES string of the molecule is CCOc1ccc(NC(=O)Cn2c(=O)n(C)c3ccccc32)cc1Cl. The molecule has 0 saturated heterocycles. The Bertz CT molecular complexity index is 991. The van der Waals surface area contributed by atoms with E-state index < -0.39 is 0 Å². The Kier molecular flexibility index (Phi) is 4.81. The first kappa shape index (κ1) is 17.1. The predicted molar refractivity (Wildman–Crippen MR) is 98.4 cm³/mol. The molecule has 1 N–H and O–H groups in total. The summed E-state index contributed by atoms with van der Waals surface area (Å²) in [6, 6.07) is 12.4. The fourth-order valence-electron chi connectivity index (χ4n) is 2.71. The topological polar surface area (TPSA) is 65.3 Å². The van der Waals surface area contributed by atoms with E-state index in [1.807, 2.05) is 31.2 Å². The second-order valence-corrected chi connectivity index (χ2v) is 5.95. The molecule has 1 amide bonds. The highest BCUT2D eigenvalue weighted by molar-refractivity contribution is 6.32. The van der Waals surface area contributed by atoms with Gasteiger partial charge in [0, 0.05) is 12.7 Å². The van der Waals surface area contributed by atoms with Crippen LogP contribution in [0, 0.1) is 0 Å². The maximum atomic E-state index is 12.4. The van der Waals surface area contributed by atoms with Crippen molar-refractivity contribution in [3.63, 3.8) is 0 Å². The maximum absolute atomic E-state index is 12.4. The van der Waals surface area contributed by atoms with Crippen LogP contribution < -0.4 is 15.7 Å². The molecular weight excluding hydrogens is 342 g/mol. The highest BCUT2D eigenvalue weighted by Crippen LogP contribution is 2.27. The molecule has 0 spiro atoms. The molecule has 0 atom stereocenters. The normalized spacial score (nSPS) is 10.8. The summed E-state index contributed by atoms with van der Waals surface area (Å²) in [4.78, 5) is 24.7. The number of para-hydroxylation sites is 2. The lowest BCUT2D eigenvalue weighted by atomic mass is 10.3. The largest absolute Gasteiger partial charge is 0.492 e. The van der Waals surface area contributed by atoms with Crippen LogP contribution in [0.1, 0.15) is 6.92 Å². The number of ether oxygens (including phenoxy) is 1. The Morgan fingerprint density at radius 3 is 2.60 bits per heavy atom. The summed E-state index contributed by atoms with van der Waals surface area (Å²) in [6.45, 7) is 2.30. The first-order valence-corrected chi connectivity index (χ1v) is 8.25. The summed E-state index contributed by atoms with van der Waals surface area (Å²) in [5.41, 5.74) is 1.81. The first-order valence-electron chi connectivity index (χ1n) is 7.87. The number of benzene rings is 2. The quantitative estimate of drug-likeness (QED) is 0.761. The van der Waals surface area contributed by atoms with Crippen molar-refractivity contribution >= 4 is 34.2 Å². The van der Waals surface area contributed by atoms with Crippen LogP contribution in [0.3, 0.4) is 0 Å². The molecule has 0 unspecified atom stereocenters. The van der Waals surface area contributed by atoms with Crippen LogP contribution in [0.25, 0.3) is 11.0 Å². The molecule has 0 radical (unpaired) electrons. The number of carbonyl (C=O) groups excluding carboxylic acids is 1. The molecule has 0 fully saturated rings. The Labute approximate surface area is 149 Å². The highest BCUT2D eigenvalue weighted by Gasteiger charge is 2.13. The molecule has 1 heterocycles. The molecule has 0 aliphatic rings. The molecule has 1 aromatic heterocycles. The van der Waals surface area contributed by atoms with Gasteiger partial charge >= 0.3 is 5.69 Å². The molecule has 7 heteroatoms. The fourth-order valence-corrected chi connectivity index (χ4v) is 2.95. The van der Waals surface area contributed by atoms with Crippen molar-refractivity contribution in [2.24, 2.45) is 7.05 Å². The summed E-state index contributed by atoms with van der Waals surface area (Å²) in [5, 5.41) is 3.17. The van der Waals surface area contributed by atoms with Crippen molar-refractivity contribution in [3.05, 3.63) is 58.0 Å². The molecule has 0 aliphatic carbocycles. The van der Waals surface area contributed by atoms with Crippen molar-refractivity contribution < 1.29 is 9.53 Å². The summed E-state index contributed by atoms with van der Waals surface area (Å²) < 4.78 is 8.34. The van der Waals surface area contributed by atoms with E-state index in [0.717, 1.165) is 11.0 Å². The van der Waals surface area contributed by atoms with Gasteiger partial charge in [0.15, 0.2) is 0 Å². The number of aryl methyl sites for hydroxylation is 1. The lowest BCUT2D eigenvalue weighted by molar-refractivity contribution is -0.116. The zero-order valence-corrected chi connectivity index (χ0v) is 14.7. The number of fused-ring (bicyclic) bond motifs is 1. The van der Waals surface area contributed by atoms with Crippen LogP contribution in [0.5, 0.6) is 5.75 Å². The van der Waals surface area contributed by atoms with Crippen LogP contribution in [-0.4, -0.2) is 21.6 Å². The van der Waals surface area contributed by atoms with Gasteiger partial charge in [-0.2, -0.15) is 0 Å². The van der Waals surface area contributed by atoms with Gasteiger partial charge in [-0.1, -0.05) is 23.7 Å². The standard InChI is InChI=1S/C18H18ClN3O3/c1-3-25-16-9-8-12(10-13(16)19)20-17(23)11-22-15-7-5-4-6-14(15)21(2)18(22)24/h4-10H,3,11H2,1-2H3,(H,20,23). The minimum atomic E-state index is -0.307. The third-order valence-electron chi connectivity index (χ3n) is 3.87. The van der Waals surface area contributed by atoms with Crippen LogP contribution in [0.2, 0.25) is 5.02 Å². The van der Waals surface area contributed by atoms with Gasteiger partial charge < -0.3 is 10.1 Å². The lowest BCUT2D eigenvalue weighted by Gasteiger charge is -2.09. The number of aromatic nitrogens is 2. The molecular formula is C18H18ClN3O3. The minimum Gasteiger partial charge on any atom is -0.492 e. The highest BCUT2D eigenvalue weighted by atomic mass is 35.5. The third-order valence-corrected chi connectivity index (χ3v) is 4.16. The van der Waals surface area contributed by atoms with E-state index in [4.69, 9.17) is 16.3 Å². The Hall–Kier alpha value is -2.73. The fraction of sp³-hybridized carbons (Fsp3) is 0.222. The Balaban J connectivity index is 1.81. The van der Waals surface area contributed by atoms with E-state index in [1.165, 1.54) is 9.13 Å². The number of imidazole rings is 1. The lowest BCUT2D eigenvalue weighted by Crippen LogP contribution is -2.28. The summed E-state index contributed by atoms with van der Waals surface area (Å²) >= 11 is 6.12. The van der Waals surface area contributed by atoms with Crippen LogP contribution >= 0.6 is 11.6 Å². The number of rotatable bonds is 5. The number of halogens is 1. The zero-order valence-electron chi connectivity index (χ0n) is 14.0. The number of nitrogens with one attached hydrogen (secondary N) is 1. The molecule has 0 bridgehead atoms. The van der Waals surface area contributed by atoms with Gasteiger partial charge in [0.05, 0.1) is 22.7 Å². The number of nitrogens with zero attached hydrogens (tertiary/aromatic N) is 2. The Morgan fingerprint density at radius 1 is 1.20 bits per heavy atom. The number of carbonyl (C=O) groups is 1. The molecule has 25 heavy (non-hydrogen) atoms. The van der Waals surface area contributed by atoms with Gasteiger partial charge in [-0.15, -0.1) is 0 Å². The number of amides is 1. The van der Waals surface area contributed by atoms with Crippen LogP contribution in [0.4, 0.5) is 5.69 Å². The van der Waals surface area contributed by atoms with Crippen molar-refractivity contribution in [1.29, 1.82) is 0 Å². The van der Waals surface area contributed by atoms with E-state index in [-0.39, 0.29) is 18.1 Å². The van der Waals surface area contributed by atoms with Gasteiger partial charge in [0.2, 0.25) is 5.91 Å². The van der Waals surface area contributed by atoms with E-state index in [2.05, 4.69) is 5.32 Å². The van der Waals surface area contributed by atoms with Gasteiger partial charge in [0.25, 0.3) is 0 Å². The molecule has 3 aromatic rings. The third kappa shape index (κ3) is 3.39. The average molecular weight is 360 g/mol. The van der Waals surface area contributed by atoms with Crippen molar-refractivity contribution in [3.8, 4) is 5.75 Å². The number of hydrogen-bond donors (Lipinski definition) is 1. The monoisotopic (exact) mass is 359 g/mol. The predicted octanol–water partition coefficient (Wildman–Crippen LogP) is 3.03. The summed E-state index contributed by atoms with van der Waals surface area (Å²) in [5.74, 6) is 0.256. The second kappa shape index (κ2) is 7.03. The smallest absolute Gasteiger partial charge is 0.329 e. The molecule has 130 valence electrons. The molecule has 6 nitrogen and oxygen atoms in total. The molecule has 2 aromatic carbocycles. The van der Waals surface area contributed by atoms with Crippen molar-refractivity contribution in [1.82, 2.24) is 9.13 Å². The molecule has 0 aliphatic heterocycles. The zero-order chi connectivity index (χ0) is 18.0.